The fraction of sp³-hybridized carbons (Fsp3) is 1.00. The van der Waals surface area contributed by atoms with Crippen molar-refractivity contribution in [3.63, 3.8) is 0 Å². The Balaban J connectivity index is 1.83. The normalized spacial score (nSPS) is 30.5. The van der Waals surface area contributed by atoms with E-state index >= 15 is 0 Å². The lowest BCUT2D eigenvalue weighted by Gasteiger charge is -2.50. The number of hydrogen-bond donors (Lipinski definition) is 1. The zero-order chi connectivity index (χ0) is 8.60. The summed E-state index contributed by atoms with van der Waals surface area (Å²) in [4.78, 5) is 2.51. The van der Waals surface area contributed by atoms with E-state index < -0.39 is 0 Å². The van der Waals surface area contributed by atoms with Crippen molar-refractivity contribution >= 4 is 0 Å². The molecule has 1 aliphatic carbocycles. The van der Waals surface area contributed by atoms with Gasteiger partial charge in [-0.2, -0.15) is 0 Å². The second kappa shape index (κ2) is 3.00. The topological polar surface area (TPSA) is 23.5 Å². The largest absolute Gasteiger partial charge is 0.393 e. The molecule has 2 fully saturated rings. The van der Waals surface area contributed by atoms with Crippen molar-refractivity contribution in [1.29, 1.82) is 0 Å². The molecular weight excluding hydrogens is 150 g/mol. The SMILES string of the molecule is CCN1CCC2(CC1)CC(O)C2. The molecule has 1 aliphatic heterocycles. The number of nitrogens with zero attached hydrogens (tertiary/aromatic N) is 1. The maximum Gasteiger partial charge on any atom is 0.0550 e. The molecule has 12 heavy (non-hydrogen) atoms. The van der Waals surface area contributed by atoms with Crippen LogP contribution >= 0.6 is 0 Å². The van der Waals surface area contributed by atoms with Crippen molar-refractivity contribution in [2.45, 2.75) is 38.7 Å². The van der Waals surface area contributed by atoms with Crippen molar-refractivity contribution in [2.24, 2.45) is 5.41 Å². The van der Waals surface area contributed by atoms with Crippen molar-refractivity contribution in [2.75, 3.05) is 19.6 Å². The van der Waals surface area contributed by atoms with Gasteiger partial charge >= 0.3 is 0 Å². The minimum absolute atomic E-state index is 0.0261. The lowest BCUT2D eigenvalue weighted by atomic mass is 9.61. The van der Waals surface area contributed by atoms with Crippen molar-refractivity contribution in [1.82, 2.24) is 4.90 Å². The summed E-state index contributed by atoms with van der Waals surface area (Å²) in [6.07, 6.45) is 4.81. The van der Waals surface area contributed by atoms with Gasteiger partial charge in [0.15, 0.2) is 0 Å². The van der Waals surface area contributed by atoms with Gasteiger partial charge in [0, 0.05) is 0 Å². The minimum Gasteiger partial charge on any atom is -0.393 e. The summed E-state index contributed by atoms with van der Waals surface area (Å²) >= 11 is 0. The van der Waals surface area contributed by atoms with Gasteiger partial charge in [0.25, 0.3) is 0 Å². The first-order valence-corrected chi connectivity index (χ1v) is 5.14. The van der Waals surface area contributed by atoms with E-state index in [4.69, 9.17) is 0 Å². The van der Waals surface area contributed by atoms with E-state index in [0.29, 0.717) is 5.41 Å². The van der Waals surface area contributed by atoms with Gasteiger partial charge in [-0.1, -0.05) is 6.92 Å². The summed E-state index contributed by atoms with van der Waals surface area (Å²) in [5, 5.41) is 9.27. The first-order valence-electron chi connectivity index (χ1n) is 5.14. The molecule has 0 aromatic heterocycles. The number of likely N-dealkylation sites (tertiary alicyclic amines) is 1. The Morgan fingerprint density at radius 2 is 1.92 bits per heavy atom. The van der Waals surface area contributed by atoms with Crippen LogP contribution in [0.2, 0.25) is 0 Å². The molecule has 0 aromatic rings. The third-order valence-corrected chi connectivity index (χ3v) is 3.70. The molecular formula is C10H19NO. The summed E-state index contributed by atoms with van der Waals surface area (Å²) in [6, 6.07) is 0. The van der Waals surface area contributed by atoms with Gasteiger partial charge in [0.2, 0.25) is 0 Å². The molecule has 0 amide bonds. The predicted octanol–water partition coefficient (Wildman–Crippen LogP) is 1.24. The second-order valence-corrected chi connectivity index (χ2v) is 4.50. The summed E-state index contributed by atoms with van der Waals surface area (Å²) in [6.45, 7) is 5.93. The van der Waals surface area contributed by atoms with Crippen LogP contribution in [0.25, 0.3) is 0 Å². The van der Waals surface area contributed by atoms with Crippen LogP contribution in [0.5, 0.6) is 0 Å². The number of aliphatic hydroxyl groups is 1. The molecule has 2 rings (SSSR count). The highest BCUT2D eigenvalue weighted by Gasteiger charge is 2.44. The van der Waals surface area contributed by atoms with Gasteiger partial charge in [0.1, 0.15) is 0 Å². The van der Waals surface area contributed by atoms with Gasteiger partial charge in [0.05, 0.1) is 6.10 Å². The molecule has 0 atom stereocenters. The van der Waals surface area contributed by atoms with Crippen LogP contribution in [0.1, 0.15) is 32.6 Å². The molecule has 2 aliphatic rings. The van der Waals surface area contributed by atoms with E-state index in [-0.39, 0.29) is 6.10 Å². The Morgan fingerprint density at radius 3 is 2.33 bits per heavy atom. The van der Waals surface area contributed by atoms with Crippen molar-refractivity contribution in [3.8, 4) is 0 Å². The highest BCUT2D eigenvalue weighted by atomic mass is 16.3. The van der Waals surface area contributed by atoms with E-state index in [1.165, 1.54) is 32.5 Å². The minimum atomic E-state index is 0.0261. The number of aliphatic hydroxyl groups excluding tert-OH is 1. The Bertz CT molecular complexity index is 153. The number of rotatable bonds is 1. The van der Waals surface area contributed by atoms with Crippen LogP contribution in [0.15, 0.2) is 0 Å². The molecule has 1 heterocycles. The van der Waals surface area contributed by atoms with Crippen LogP contribution in [0.4, 0.5) is 0 Å². The van der Waals surface area contributed by atoms with E-state index in [1.54, 1.807) is 0 Å². The molecule has 1 saturated heterocycles. The van der Waals surface area contributed by atoms with Gasteiger partial charge < -0.3 is 10.0 Å². The van der Waals surface area contributed by atoms with Crippen LogP contribution in [-0.4, -0.2) is 35.7 Å². The fourth-order valence-electron chi connectivity index (χ4n) is 2.69. The summed E-state index contributed by atoms with van der Waals surface area (Å²) in [5.41, 5.74) is 0.561. The highest BCUT2D eigenvalue weighted by molar-refractivity contribution is 4.96. The summed E-state index contributed by atoms with van der Waals surface area (Å²) < 4.78 is 0. The Hall–Kier alpha value is -0.0800. The lowest BCUT2D eigenvalue weighted by molar-refractivity contribution is -0.0672. The van der Waals surface area contributed by atoms with Crippen LogP contribution < -0.4 is 0 Å². The van der Waals surface area contributed by atoms with Crippen LogP contribution in [0.3, 0.4) is 0 Å². The molecule has 2 heteroatoms. The zero-order valence-corrected chi connectivity index (χ0v) is 7.92. The van der Waals surface area contributed by atoms with E-state index in [2.05, 4.69) is 11.8 Å². The predicted molar refractivity (Wildman–Crippen MR) is 49.0 cm³/mol. The fourth-order valence-corrected chi connectivity index (χ4v) is 2.69. The maximum atomic E-state index is 9.27. The Morgan fingerprint density at radius 1 is 1.33 bits per heavy atom. The zero-order valence-electron chi connectivity index (χ0n) is 7.92. The first kappa shape index (κ1) is 8.52. The number of piperidine rings is 1. The van der Waals surface area contributed by atoms with E-state index in [9.17, 15) is 5.11 Å². The Labute approximate surface area is 74.6 Å². The maximum absolute atomic E-state index is 9.27. The molecule has 0 unspecified atom stereocenters. The number of hydrogen-bond acceptors (Lipinski definition) is 2. The molecule has 1 spiro atoms. The standard InChI is InChI=1S/C10H19NO/c1-2-11-5-3-10(4-6-11)7-9(12)8-10/h9,12H,2-8H2,1H3. The first-order chi connectivity index (χ1) is 5.74. The molecule has 2 nitrogen and oxygen atoms in total. The van der Waals surface area contributed by atoms with Gasteiger partial charge in [-0.3, -0.25) is 0 Å². The molecule has 0 radical (unpaired) electrons. The molecule has 1 saturated carbocycles. The van der Waals surface area contributed by atoms with Crippen molar-refractivity contribution in [3.05, 3.63) is 0 Å². The van der Waals surface area contributed by atoms with E-state index in [0.717, 1.165) is 12.8 Å². The van der Waals surface area contributed by atoms with Crippen molar-refractivity contribution < 1.29 is 5.11 Å². The lowest BCUT2D eigenvalue weighted by Crippen LogP contribution is -2.48. The third kappa shape index (κ3) is 1.38. The molecule has 0 aromatic carbocycles. The third-order valence-electron chi connectivity index (χ3n) is 3.70. The summed E-state index contributed by atoms with van der Waals surface area (Å²) in [5.74, 6) is 0. The van der Waals surface area contributed by atoms with Gasteiger partial charge in [-0.05, 0) is 50.7 Å². The average Bonchev–Trinajstić information content (AvgIpc) is 2.04. The monoisotopic (exact) mass is 169 g/mol. The van der Waals surface area contributed by atoms with Crippen LogP contribution in [0, 0.1) is 5.41 Å². The quantitative estimate of drug-likeness (QED) is 0.638. The second-order valence-electron chi connectivity index (χ2n) is 4.50. The summed E-state index contributed by atoms with van der Waals surface area (Å²) in [7, 11) is 0. The molecule has 70 valence electrons. The van der Waals surface area contributed by atoms with Crippen LogP contribution in [-0.2, 0) is 0 Å². The molecule has 1 N–H and O–H groups in total. The van der Waals surface area contributed by atoms with Gasteiger partial charge in [-0.25, -0.2) is 0 Å². The average molecular weight is 169 g/mol. The highest BCUT2D eigenvalue weighted by Crippen LogP contribution is 2.48. The van der Waals surface area contributed by atoms with Gasteiger partial charge in [-0.15, -0.1) is 0 Å². The Kier molecular flexibility index (Phi) is 2.13. The molecule has 0 bridgehead atoms. The van der Waals surface area contributed by atoms with E-state index in [1.807, 2.05) is 0 Å². The smallest absolute Gasteiger partial charge is 0.0550 e.